The van der Waals surface area contributed by atoms with Gasteiger partial charge in [-0.3, -0.25) is 0 Å². The van der Waals surface area contributed by atoms with Crippen molar-refractivity contribution in [1.82, 2.24) is 9.72 Å². The number of hydrogen-bond donors (Lipinski definition) is 0. The third kappa shape index (κ3) is 1.88. The molecule has 0 atom stereocenters. The van der Waals surface area contributed by atoms with Gasteiger partial charge in [0.1, 0.15) is 0 Å². The zero-order valence-electron chi connectivity index (χ0n) is 8.09. The van der Waals surface area contributed by atoms with Crippen LogP contribution in [0.25, 0.3) is 11.5 Å². The third-order valence-corrected chi connectivity index (χ3v) is 1.92. The zero-order chi connectivity index (χ0) is 10.7. The molecular weight excluding hydrogens is 192 g/mol. The number of nitrogens with zero attached hydrogens (tertiary/aromatic N) is 2. The second kappa shape index (κ2) is 3.96. The average molecular weight is 202 g/mol. The van der Waals surface area contributed by atoms with E-state index in [2.05, 4.69) is 11.6 Å². The maximum atomic E-state index is 11.3. The van der Waals surface area contributed by atoms with Crippen molar-refractivity contribution in [3.63, 3.8) is 0 Å². The second-order valence-electron chi connectivity index (χ2n) is 3.01. The van der Waals surface area contributed by atoms with Crippen LogP contribution in [0.2, 0.25) is 0 Å². The van der Waals surface area contributed by atoms with Crippen LogP contribution in [-0.2, 0) is 6.54 Å². The fourth-order valence-electron chi connectivity index (χ4n) is 1.24. The molecule has 0 fully saturated rings. The van der Waals surface area contributed by atoms with Crippen molar-refractivity contribution in [1.29, 1.82) is 0 Å². The fourth-order valence-corrected chi connectivity index (χ4v) is 1.24. The Morgan fingerprint density at radius 3 is 2.80 bits per heavy atom. The molecule has 0 saturated heterocycles. The molecule has 2 aromatic rings. The molecule has 0 aliphatic heterocycles. The lowest BCUT2D eigenvalue weighted by molar-refractivity contribution is 0.289. The quantitative estimate of drug-likeness (QED) is 0.711. The first-order valence-corrected chi connectivity index (χ1v) is 4.56. The van der Waals surface area contributed by atoms with Gasteiger partial charge in [-0.15, -0.1) is 11.3 Å². The van der Waals surface area contributed by atoms with E-state index in [0.717, 1.165) is 10.3 Å². The molecule has 0 aliphatic carbocycles. The molecule has 1 aromatic heterocycles. The van der Waals surface area contributed by atoms with Gasteiger partial charge in [0, 0.05) is 5.56 Å². The molecule has 15 heavy (non-hydrogen) atoms. The topological polar surface area (TPSA) is 48.0 Å². The van der Waals surface area contributed by atoms with Crippen LogP contribution in [0.15, 0.2) is 52.3 Å². The Balaban J connectivity index is 2.43. The Hall–Kier alpha value is -2.10. The number of allylic oxidation sites excluding steroid dienone is 1. The summed E-state index contributed by atoms with van der Waals surface area (Å²) < 4.78 is 6.42. The van der Waals surface area contributed by atoms with Gasteiger partial charge in [0.25, 0.3) is 5.89 Å². The lowest BCUT2D eigenvalue weighted by Gasteiger charge is -1.93. The Labute approximate surface area is 86.5 Å². The minimum atomic E-state index is -0.395. The van der Waals surface area contributed by atoms with Gasteiger partial charge in [-0.1, -0.05) is 24.3 Å². The maximum absolute atomic E-state index is 11.3. The van der Waals surface area contributed by atoms with E-state index in [4.69, 9.17) is 4.52 Å². The molecule has 0 amide bonds. The molecule has 0 saturated carbocycles. The van der Waals surface area contributed by atoms with E-state index in [0.29, 0.717) is 12.4 Å². The molecule has 1 heterocycles. The summed E-state index contributed by atoms with van der Waals surface area (Å²) in [5, 5.41) is 0. The van der Waals surface area contributed by atoms with Gasteiger partial charge in [0.05, 0.1) is 6.54 Å². The van der Waals surface area contributed by atoms with Crippen LogP contribution >= 0.6 is 0 Å². The summed E-state index contributed by atoms with van der Waals surface area (Å²) in [6, 6.07) is 9.29. The summed E-state index contributed by atoms with van der Waals surface area (Å²) in [6.45, 7) is 3.86. The van der Waals surface area contributed by atoms with Crippen LogP contribution in [0.5, 0.6) is 0 Å². The highest BCUT2D eigenvalue weighted by molar-refractivity contribution is 5.51. The van der Waals surface area contributed by atoms with Crippen LogP contribution in [0.1, 0.15) is 0 Å². The Bertz CT molecular complexity index is 511. The van der Waals surface area contributed by atoms with Crippen molar-refractivity contribution in [2.24, 2.45) is 0 Å². The van der Waals surface area contributed by atoms with Crippen molar-refractivity contribution in [3.8, 4) is 11.5 Å². The first kappa shape index (κ1) is 9.45. The minimum absolute atomic E-state index is 0.332. The van der Waals surface area contributed by atoms with Gasteiger partial charge in [-0.25, -0.2) is 4.79 Å². The molecule has 4 nitrogen and oxygen atoms in total. The summed E-state index contributed by atoms with van der Waals surface area (Å²) in [6.07, 6.45) is 1.58. The Kier molecular flexibility index (Phi) is 2.49. The molecule has 1 aromatic carbocycles. The predicted molar refractivity (Wildman–Crippen MR) is 56.4 cm³/mol. The summed E-state index contributed by atoms with van der Waals surface area (Å²) >= 11 is 0. The lowest BCUT2D eigenvalue weighted by atomic mass is 10.2. The summed E-state index contributed by atoms with van der Waals surface area (Å²) in [5.41, 5.74) is 0.395. The molecule has 76 valence electrons. The molecular formula is C11H10N2O2. The van der Waals surface area contributed by atoms with Crippen molar-refractivity contribution >= 4 is 0 Å². The molecule has 0 N–H and O–H groups in total. The number of hydrogen-bond acceptors (Lipinski definition) is 3. The van der Waals surface area contributed by atoms with Crippen molar-refractivity contribution in [2.75, 3.05) is 0 Å². The minimum Gasteiger partial charge on any atom is -0.354 e. The van der Waals surface area contributed by atoms with Crippen LogP contribution in [0.4, 0.5) is 0 Å². The first-order valence-electron chi connectivity index (χ1n) is 4.56. The third-order valence-electron chi connectivity index (χ3n) is 1.92. The zero-order valence-corrected chi connectivity index (χ0v) is 8.09. The largest absolute Gasteiger partial charge is 0.380 e. The monoisotopic (exact) mass is 202 g/mol. The van der Waals surface area contributed by atoms with Gasteiger partial charge in [0.15, 0.2) is 0 Å². The fraction of sp³-hybridized carbons (Fsp3) is 0.0909. The Morgan fingerprint density at radius 2 is 2.13 bits per heavy atom. The van der Waals surface area contributed by atoms with Crippen molar-refractivity contribution < 1.29 is 4.52 Å². The number of benzene rings is 1. The molecule has 4 heteroatoms. The van der Waals surface area contributed by atoms with Crippen LogP contribution < -0.4 is 5.69 Å². The second-order valence-corrected chi connectivity index (χ2v) is 3.01. The molecule has 0 aliphatic rings. The number of aromatic nitrogens is 2. The predicted octanol–water partition coefficient (Wildman–Crippen LogP) is 1.69. The van der Waals surface area contributed by atoms with Gasteiger partial charge in [-0.05, 0) is 12.1 Å². The van der Waals surface area contributed by atoms with E-state index in [-0.39, 0.29) is 0 Å². The summed E-state index contributed by atoms with van der Waals surface area (Å²) in [7, 11) is 0. The van der Waals surface area contributed by atoms with Crippen molar-refractivity contribution in [2.45, 2.75) is 6.54 Å². The maximum Gasteiger partial charge on any atom is 0.380 e. The van der Waals surface area contributed by atoms with E-state index < -0.39 is 5.69 Å². The number of rotatable bonds is 3. The van der Waals surface area contributed by atoms with Crippen molar-refractivity contribution in [3.05, 3.63) is 53.5 Å². The van der Waals surface area contributed by atoms with E-state index in [1.54, 1.807) is 6.08 Å². The van der Waals surface area contributed by atoms with Gasteiger partial charge < -0.3 is 4.52 Å². The highest BCUT2D eigenvalue weighted by atomic mass is 16.5. The summed E-state index contributed by atoms with van der Waals surface area (Å²) in [5.74, 6) is 0.336. The average Bonchev–Trinajstić information content (AvgIpc) is 2.63. The van der Waals surface area contributed by atoms with Gasteiger partial charge in [0.2, 0.25) is 0 Å². The van der Waals surface area contributed by atoms with Gasteiger partial charge >= 0.3 is 5.69 Å². The summed E-state index contributed by atoms with van der Waals surface area (Å²) in [4.78, 5) is 15.1. The molecule has 0 spiro atoms. The SMILES string of the molecule is C=CCn1oc(-c2ccccc2)nc1=O. The van der Waals surface area contributed by atoms with E-state index in [1.165, 1.54) is 0 Å². The normalized spacial score (nSPS) is 10.1. The first-order chi connectivity index (χ1) is 7.31. The highest BCUT2D eigenvalue weighted by Gasteiger charge is 2.07. The van der Waals surface area contributed by atoms with E-state index in [1.807, 2.05) is 30.3 Å². The van der Waals surface area contributed by atoms with Gasteiger partial charge in [-0.2, -0.15) is 4.98 Å². The molecule has 0 bridgehead atoms. The standard InChI is InChI=1S/C11H10N2O2/c1-2-8-13-11(14)12-10(15-13)9-6-4-3-5-7-9/h2-7H,1,8H2. The Morgan fingerprint density at radius 1 is 1.40 bits per heavy atom. The lowest BCUT2D eigenvalue weighted by Crippen LogP contribution is -2.14. The van der Waals surface area contributed by atoms with Crippen LogP contribution in [-0.4, -0.2) is 9.72 Å². The highest BCUT2D eigenvalue weighted by Crippen LogP contribution is 2.13. The molecule has 0 radical (unpaired) electrons. The molecule has 0 unspecified atom stereocenters. The van der Waals surface area contributed by atoms with Crippen LogP contribution in [0, 0.1) is 0 Å². The molecule has 2 rings (SSSR count). The van der Waals surface area contributed by atoms with Crippen LogP contribution in [0.3, 0.4) is 0 Å². The smallest absolute Gasteiger partial charge is 0.354 e. The van der Waals surface area contributed by atoms with E-state index >= 15 is 0 Å². The van der Waals surface area contributed by atoms with E-state index in [9.17, 15) is 4.79 Å².